The summed E-state index contributed by atoms with van der Waals surface area (Å²) in [5, 5.41) is 10.4. The van der Waals surface area contributed by atoms with Crippen molar-refractivity contribution >= 4 is 105 Å². The van der Waals surface area contributed by atoms with Crippen LogP contribution in [0.25, 0.3) is 69.2 Å². The maximum absolute atomic E-state index is 4.80. The summed E-state index contributed by atoms with van der Waals surface area (Å²) in [5.41, 5.74) is 6.86. The van der Waals surface area contributed by atoms with Crippen LogP contribution in [0.2, 0.25) is 0 Å². The van der Waals surface area contributed by atoms with Crippen LogP contribution in [-0.4, -0.2) is 23.5 Å². The Morgan fingerprint density at radius 1 is 0.553 bits per heavy atom. The van der Waals surface area contributed by atoms with Gasteiger partial charge in [0.15, 0.2) is 0 Å². The fraction of sp³-hybridized carbons (Fsp3) is 0.0244. The molecule has 9 aromatic rings. The van der Waals surface area contributed by atoms with Gasteiger partial charge in [-0.25, -0.2) is 9.98 Å². The van der Waals surface area contributed by atoms with Crippen molar-refractivity contribution in [2.45, 2.75) is 6.29 Å². The van der Waals surface area contributed by atoms with Gasteiger partial charge in [-0.15, -0.1) is 11.3 Å². The molecule has 4 heterocycles. The average molecular weight is 620 g/mol. The highest BCUT2D eigenvalue weighted by molar-refractivity contribution is 7.27. The molecule has 0 spiro atoms. The highest BCUT2D eigenvalue weighted by Gasteiger charge is 2.37. The van der Waals surface area contributed by atoms with Gasteiger partial charge in [0, 0.05) is 53.1 Å². The third kappa shape index (κ3) is 3.32. The number of nitrogens with zero attached hydrogens (tertiary/aromatic N) is 5. The van der Waals surface area contributed by atoms with E-state index in [4.69, 9.17) is 4.99 Å². The number of aliphatic imine (C=N–C) groups is 2. The van der Waals surface area contributed by atoms with E-state index in [9.17, 15) is 0 Å². The monoisotopic (exact) mass is 619 g/mol. The summed E-state index contributed by atoms with van der Waals surface area (Å²) in [6.07, 6.45) is 3.31. The zero-order chi connectivity index (χ0) is 30.6. The molecule has 2 aliphatic heterocycles. The zero-order valence-electron chi connectivity index (χ0n) is 25.1. The highest BCUT2D eigenvalue weighted by Crippen LogP contribution is 2.50. The van der Waals surface area contributed by atoms with Crippen LogP contribution in [0, 0.1) is 0 Å². The minimum absolute atomic E-state index is 0.217. The molecule has 220 valence electrons. The summed E-state index contributed by atoms with van der Waals surface area (Å²) in [7, 11) is 0. The second-order valence-electron chi connectivity index (χ2n) is 12.3. The number of hydrogen-bond acceptors (Lipinski definition) is 5. The lowest BCUT2D eigenvalue weighted by Gasteiger charge is -2.29. The van der Waals surface area contributed by atoms with E-state index in [0.29, 0.717) is 0 Å². The van der Waals surface area contributed by atoms with Crippen LogP contribution in [0.1, 0.15) is 0 Å². The first-order chi connectivity index (χ1) is 23.3. The van der Waals surface area contributed by atoms with E-state index >= 15 is 0 Å². The second kappa shape index (κ2) is 9.28. The summed E-state index contributed by atoms with van der Waals surface area (Å²) in [4.78, 5) is 13.6. The Balaban J connectivity index is 1.25. The molecule has 0 saturated heterocycles. The van der Waals surface area contributed by atoms with E-state index in [-0.39, 0.29) is 6.29 Å². The van der Waals surface area contributed by atoms with Gasteiger partial charge in [-0.3, -0.25) is 9.80 Å². The van der Waals surface area contributed by atoms with Crippen molar-refractivity contribution in [1.82, 2.24) is 4.57 Å². The van der Waals surface area contributed by atoms with Crippen LogP contribution in [0.5, 0.6) is 0 Å². The Hall–Kier alpha value is -5.98. The Kier molecular flexibility index (Phi) is 4.98. The third-order valence-electron chi connectivity index (χ3n) is 9.85. The quantitative estimate of drug-likeness (QED) is 0.193. The minimum Gasteiger partial charge on any atom is -0.309 e. The molecular weight excluding hydrogens is 595 g/mol. The summed E-state index contributed by atoms with van der Waals surface area (Å²) < 4.78 is 5.18. The lowest BCUT2D eigenvalue weighted by atomic mass is 9.98. The topological polar surface area (TPSA) is 36.1 Å². The van der Waals surface area contributed by atoms with Crippen molar-refractivity contribution in [2.75, 3.05) is 9.80 Å². The highest BCUT2D eigenvalue weighted by atomic mass is 32.1. The normalized spacial score (nSPS) is 15.6. The summed E-state index contributed by atoms with van der Waals surface area (Å²) in [6, 6.07) is 48.6. The second-order valence-corrected chi connectivity index (χ2v) is 13.3. The molecular formula is C41H25N5S. The lowest BCUT2D eigenvalue weighted by Crippen LogP contribution is -2.40. The molecule has 0 bridgehead atoms. The molecule has 47 heavy (non-hydrogen) atoms. The predicted octanol–water partition coefficient (Wildman–Crippen LogP) is 10.8. The first-order valence-electron chi connectivity index (χ1n) is 15.8. The number of benzene rings is 7. The van der Waals surface area contributed by atoms with Gasteiger partial charge in [0.05, 0.1) is 22.4 Å². The van der Waals surface area contributed by atoms with Gasteiger partial charge in [-0.05, 0) is 47.2 Å². The molecule has 0 amide bonds. The fourth-order valence-corrected chi connectivity index (χ4v) is 9.32. The molecule has 0 fully saturated rings. The Morgan fingerprint density at radius 3 is 2.21 bits per heavy atom. The Morgan fingerprint density at radius 2 is 1.30 bits per heavy atom. The van der Waals surface area contributed by atoms with Crippen LogP contribution < -0.4 is 9.80 Å². The standard InChI is InChI=1S/C41H25N5S/c1-2-13-28-25(10-1)20-21-32-37-36-31-16-5-6-17-33(31)45(38(36)29-14-3-4-15-30(29)40(37)47-39(28)32)26-11-9-12-27(22-26)46-35-19-8-7-18-34(35)44-24-42-23-43-41(44)46/h1-24,41H. The summed E-state index contributed by atoms with van der Waals surface area (Å²) in [6.45, 7) is 0. The van der Waals surface area contributed by atoms with Crippen LogP contribution in [0.4, 0.5) is 17.1 Å². The molecule has 7 aromatic carbocycles. The maximum atomic E-state index is 4.80. The van der Waals surface area contributed by atoms with E-state index < -0.39 is 0 Å². The molecule has 2 aromatic heterocycles. The molecule has 0 radical (unpaired) electrons. The first-order valence-corrected chi connectivity index (χ1v) is 16.7. The van der Waals surface area contributed by atoms with E-state index in [1.54, 1.807) is 6.34 Å². The number of fused-ring (bicyclic) bond motifs is 15. The van der Waals surface area contributed by atoms with Crippen molar-refractivity contribution in [3.8, 4) is 5.69 Å². The van der Waals surface area contributed by atoms with Gasteiger partial charge in [0.2, 0.25) is 6.29 Å². The van der Waals surface area contributed by atoms with Crippen LogP contribution >= 0.6 is 11.3 Å². The number of aromatic nitrogens is 1. The molecule has 0 saturated carbocycles. The molecule has 0 N–H and O–H groups in total. The van der Waals surface area contributed by atoms with Gasteiger partial charge in [0.1, 0.15) is 12.7 Å². The van der Waals surface area contributed by atoms with Crippen LogP contribution in [0.15, 0.2) is 143 Å². The number of rotatable bonds is 2. The zero-order valence-corrected chi connectivity index (χ0v) is 25.9. The van der Waals surface area contributed by atoms with E-state index in [1.165, 1.54) is 63.5 Å². The van der Waals surface area contributed by atoms with E-state index in [2.05, 4.69) is 153 Å². The number of anilines is 3. The SMILES string of the molecule is C1=NC=NC2N1c1ccccc1N2c1cccc(-n2c3ccccc3c3c4c5ccc6ccccc6c5sc4c4ccccc4c32)c1. The Bertz CT molecular complexity index is 2840. The first kappa shape index (κ1) is 25.2. The fourth-order valence-electron chi connectivity index (χ4n) is 7.94. The van der Waals surface area contributed by atoms with Gasteiger partial charge in [-0.2, -0.15) is 0 Å². The number of para-hydroxylation sites is 3. The van der Waals surface area contributed by atoms with E-state index in [1.807, 2.05) is 17.7 Å². The van der Waals surface area contributed by atoms with E-state index in [0.717, 1.165) is 22.7 Å². The molecule has 1 atom stereocenters. The third-order valence-corrected chi connectivity index (χ3v) is 11.1. The molecule has 0 aliphatic carbocycles. The van der Waals surface area contributed by atoms with Crippen molar-refractivity contribution in [2.24, 2.45) is 9.98 Å². The van der Waals surface area contributed by atoms with Crippen molar-refractivity contribution in [1.29, 1.82) is 0 Å². The lowest BCUT2D eigenvalue weighted by molar-refractivity contribution is 0.742. The summed E-state index contributed by atoms with van der Waals surface area (Å²) >= 11 is 1.93. The molecule has 11 rings (SSSR count). The van der Waals surface area contributed by atoms with Crippen LogP contribution in [-0.2, 0) is 0 Å². The van der Waals surface area contributed by atoms with Gasteiger partial charge < -0.3 is 4.57 Å². The van der Waals surface area contributed by atoms with Crippen molar-refractivity contribution in [3.63, 3.8) is 0 Å². The smallest absolute Gasteiger partial charge is 0.210 e. The van der Waals surface area contributed by atoms with Crippen molar-refractivity contribution in [3.05, 3.63) is 133 Å². The minimum atomic E-state index is -0.217. The number of thiophene rings is 1. The van der Waals surface area contributed by atoms with Crippen LogP contribution in [0.3, 0.4) is 0 Å². The van der Waals surface area contributed by atoms with Gasteiger partial charge in [0.25, 0.3) is 0 Å². The van der Waals surface area contributed by atoms with Crippen molar-refractivity contribution < 1.29 is 0 Å². The predicted molar refractivity (Wildman–Crippen MR) is 201 cm³/mol. The molecule has 6 heteroatoms. The molecule has 5 nitrogen and oxygen atoms in total. The molecule has 1 unspecified atom stereocenters. The summed E-state index contributed by atoms with van der Waals surface area (Å²) in [5.74, 6) is 0. The Labute approximate surface area is 273 Å². The van der Waals surface area contributed by atoms with Gasteiger partial charge in [-0.1, -0.05) is 97.1 Å². The average Bonchev–Trinajstić information content (AvgIpc) is 3.80. The largest absolute Gasteiger partial charge is 0.309 e. The molecule has 2 aliphatic rings. The maximum Gasteiger partial charge on any atom is 0.210 e. The number of hydrogen-bond donors (Lipinski definition) is 0. The van der Waals surface area contributed by atoms with Gasteiger partial charge >= 0.3 is 0 Å².